The van der Waals surface area contributed by atoms with Crippen LogP contribution in [0.5, 0.6) is 0 Å². The number of rotatable bonds is 2. The standard InChI is InChI=1S/C9H10O4/c1-3-12-9(11)8-6(2)4-5-7(10)13-8/h4-5H,3H2,1-2H3. The molecule has 0 saturated carbocycles. The highest BCUT2D eigenvalue weighted by Gasteiger charge is 2.12. The third-order valence-electron chi connectivity index (χ3n) is 1.49. The fourth-order valence-electron chi connectivity index (χ4n) is 0.883. The van der Waals surface area contributed by atoms with Gasteiger partial charge in [0.2, 0.25) is 5.76 Å². The third kappa shape index (κ3) is 2.18. The van der Waals surface area contributed by atoms with Gasteiger partial charge in [0.15, 0.2) is 0 Å². The van der Waals surface area contributed by atoms with Crippen LogP contribution >= 0.6 is 0 Å². The maximum absolute atomic E-state index is 11.2. The van der Waals surface area contributed by atoms with E-state index in [1.54, 1.807) is 13.8 Å². The fourth-order valence-corrected chi connectivity index (χ4v) is 0.883. The Labute approximate surface area is 75.1 Å². The van der Waals surface area contributed by atoms with Crippen molar-refractivity contribution in [3.8, 4) is 0 Å². The van der Waals surface area contributed by atoms with Crippen molar-refractivity contribution >= 4 is 5.97 Å². The van der Waals surface area contributed by atoms with Gasteiger partial charge in [0.05, 0.1) is 6.61 Å². The Balaban J connectivity index is 3.06. The summed E-state index contributed by atoms with van der Waals surface area (Å²) < 4.78 is 9.38. The van der Waals surface area contributed by atoms with E-state index in [0.29, 0.717) is 5.56 Å². The molecule has 0 bridgehead atoms. The Morgan fingerprint density at radius 2 is 2.23 bits per heavy atom. The normalized spacial score (nSPS) is 9.69. The van der Waals surface area contributed by atoms with Crippen LogP contribution in [-0.2, 0) is 4.74 Å². The third-order valence-corrected chi connectivity index (χ3v) is 1.49. The first-order valence-electron chi connectivity index (χ1n) is 3.93. The average molecular weight is 182 g/mol. The smallest absolute Gasteiger partial charge is 0.374 e. The molecule has 0 aliphatic heterocycles. The Morgan fingerprint density at radius 3 is 2.85 bits per heavy atom. The molecule has 0 aliphatic rings. The molecule has 0 unspecified atom stereocenters. The molecule has 70 valence electrons. The zero-order chi connectivity index (χ0) is 9.84. The first kappa shape index (κ1) is 9.51. The van der Waals surface area contributed by atoms with E-state index >= 15 is 0 Å². The van der Waals surface area contributed by atoms with Crippen molar-refractivity contribution in [2.45, 2.75) is 13.8 Å². The topological polar surface area (TPSA) is 56.5 Å². The van der Waals surface area contributed by atoms with Crippen molar-refractivity contribution < 1.29 is 13.9 Å². The number of esters is 1. The monoisotopic (exact) mass is 182 g/mol. The highest BCUT2D eigenvalue weighted by atomic mass is 16.5. The maximum Gasteiger partial charge on any atom is 0.374 e. The number of hydrogen-bond donors (Lipinski definition) is 0. The van der Waals surface area contributed by atoms with E-state index in [0.717, 1.165) is 0 Å². The van der Waals surface area contributed by atoms with E-state index in [1.807, 2.05) is 0 Å². The molecule has 1 aromatic rings. The van der Waals surface area contributed by atoms with Crippen molar-refractivity contribution in [2.75, 3.05) is 6.61 Å². The number of carbonyl (C=O) groups is 1. The van der Waals surface area contributed by atoms with Gasteiger partial charge >= 0.3 is 11.6 Å². The van der Waals surface area contributed by atoms with E-state index in [2.05, 4.69) is 0 Å². The van der Waals surface area contributed by atoms with Crippen LogP contribution in [0, 0.1) is 6.92 Å². The Morgan fingerprint density at radius 1 is 1.54 bits per heavy atom. The Hall–Kier alpha value is -1.58. The van der Waals surface area contributed by atoms with Gasteiger partial charge in [-0.15, -0.1) is 0 Å². The molecule has 0 saturated heterocycles. The van der Waals surface area contributed by atoms with Gasteiger partial charge in [0.1, 0.15) is 0 Å². The second kappa shape index (κ2) is 3.89. The number of ether oxygens (including phenoxy) is 1. The van der Waals surface area contributed by atoms with Crippen LogP contribution in [0.2, 0.25) is 0 Å². The number of aryl methyl sites for hydroxylation is 1. The van der Waals surface area contributed by atoms with E-state index in [9.17, 15) is 9.59 Å². The SMILES string of the molecule is CCOC(=O)c1oc(=O)ccc1C. The molecule has 0 N–H and O–H groups in total. The van der Waals surface area contributed by atoms with Crippen LogP contribution in [-0.4, -0.2) is 12.6 Å². The molecule has 0 atom stereocenters. The van der Waals surface area contributed by atoms with Gasteiger partial charge < -0.3 is 9.15 Å². The van der Waals surface area contributed by atoms with Crippen molar-refractivity contribution in [3.63, 3.8) is 0 Å². The summed E-state index contributed by atoms with van der Waals surface area (Å²) in [5.41, 5.74) is 0.0479. The van der Waals surface area contributed by atoms with Crippen LogP contribution in [0.15, 0.2) is 21.3 Å². The molecule has 0 fully saturated rings. The van der Waals surface area contributed by atoms with Gasteiger partial charge in [-0.25, -0.2) is 9.59 Å². The summed E-state index contributed by atoms with van der Waals surface area (Å²) in [7, 11) is 0. The molecule has 4 heteroatoms. The summed E-state index contributed by atoms with van der Waals surface area (Å²) in [5, 5.41) is 0. The maximum atomic E-state index is 11.2. The van der Waals surface area contributed by atoms with Gasteiger partial charge in [0, 0.05) is 6.07 Å². The molecule has 13 heavy (non-hydrogen) atoms. The number of hydrogen-bond acceptors (Lipinski definition) is 4. The second-order valence-electron chi connectivity index (χ2n) is 2.49. The summed E-state index contributed by atoms with van der Waals surface area (Å²) in [4.78, 5) is 21.9. The van der Waals surface area contributed by atoms with E-state index in [4.69, 9.17) is 9.15 Å². The lowest BCUT2D eigenvalue weighted by atomic mass is 10.2. The first-order valence-corrected chi connectivity index (χ1v) is 3.93. The van der Waals surface area contributed by atoms with Gasteiger partial charge in [-0.3, -0.25) is 0 Å². The summed E-state index contributed by atoms with van der Waals surface area (Å²) in [6.45, 7) is 3.63. The molecular formula is C9H10O4. The highest BCUT2D eigenvalue weighted by Crippen LogP contribution is 2.05. The zero-order valence-corrected chi connectivity index (χ0v) is 7.49. The van der Waals surface area contributed by atoms with E-state index < -0.39 is 11.6 Å². The molecule has 0 aliphatic carbocycles. The van der Waals surface area contributed by atoms with Crippen molar-refractivity contribution in [1.29, 1.82) is 0 Å². The minimum atomic E-state index is -0.599. The predicted octanol–water partition coefficient (Wildman–Crippen LogP) is 1.12. The highest BCUT2D eigenvalue weighted by molar-refractivity contribution is 5.87. The predicted molar refractivity (Wildman–Crippen MR) is 45.7 cm³/mol. The number of carbonyl (C=O) groups excluding carboxylic acids is 1. The summed E-state index contributed by atoms with van der Waals surface area (Å²) in [6.07, 6.45) is 0. The lowest BCUT2D eigenvalue weighted by Crippen LogP contribution is -2.10. The molecule has 0 radical (unpaired) electrons. The molecule has 1 heterocycles. The van der Waals surface area contributed by atoms with Crippen LogP contribution in [0.1, 0.15) is 23.0 Å². The Bertz CT molecular complexity index is 364. The van der Waals surface area contributed by atoms with Crippen LogP contribution in [0.3, 0.4) is 0 Å². The van der Waals surface area contributed by atoms with Crippen LogP contribution in [0.25, 0.3) is 0 Å². The van der Waals surface area contributed by atoms with Crippen LogP contribution < -0.4 is 5.63 Å². The van der Waals surface area contributed by atoms with Gasteiger partial charge in [-0.1, -0.05) is 0 Å². The summed E-state index contributed by atoms with van der Waals surface area (Å²) >= 11 is 0. The first-order chi connectivity index (χ1) is 6.15. The summed E-state index contributed by atoms with van der Waals surface area (Å²) in [6, 6.07) is 2.79. The lowest BCUT2D eigenvalue weighted by Gasteiger charge is -2.01. The van der Waals surface area contributed by atoms with Crippen molar-refractivity contribution in [2.24, 2.45) is 0 Å². The molecule has 4 nitrogen and oxygen atoms in total. The van der Waals surface area contributed by atoms with Gasteiger partial charge in [-0.05, 0) is 25.5 Å². The quantitative estimate of drug-likeness (QED) is 0.643. The van der Waals surface area contributed by atoms with E-state index in [1.165, 1.54) is 12.1 Å². The van der Waals surface area contributed by atoms with Crippen molar-refractivity contribution in [3.05, 3.63) is 33.9 Å². The largest absolute Gasteiger partial charge is 0.460 e. The van der Waals surface area contributed by atoms with E-state index in [-0.39, 0.29) is 12.4 Å². The minimum Gasteiger partial charge on any atom is -0.460 e. The molecule has 0 spiro atoms. The average Bonchev–Trinajstić information content (AvgIpc) is 2.09. The minimum absolute atomic E-state index is 0.0191. The molecule has 1 rings (SSSR count). The lowest BCUT2D eigenvalue weighted by molar-refractivity contribution is 0.0483. The molecule has 0 aromatic carbocycles. The molecule has 1 aromatic heterocycles. The Kier molecular flexibility index (Phi) is 2.84. The van der Waals surface area contributed by atoms with Crippen molar-refractivity contribution in [1.82, 2.24) is 0 Å². The molecular weight excluding hydrogens is 172 g/mol. The summed E-state index contributed by atoms with van der Waals surface area (Å²) in [5.74, 6) is -0.618. The molecule has 0 amide bonds. The second-order valence-corrected chi connectivity index (χ2v) is 2.49. The van der Waals surface area contributed by atoms with Gasteiger partial charge in [-0.2, -0.15) is 0 Å². The van der Waals surface area contributed by atoms with Crippen LogP contribution in [0.4, 0.5) is 0 Å². The fraction of sp³-hybridized carbons (Fsp3) is 0.333. The van der Waals surface area contributed by atoms with Gasteiger partial charge in [0.25, 0.3) is 0 Å². The zero-order valence-electron chi connectivity index (χ0n) is 7.49.